The zero-order valence-electron chi connectivity index (χ0n) is 47.7. The van der Waals surface area contributed by atoms with Crippen molar-refractivity contribution in [3.63, 3.8) is 0 Å². The van der Waals surface area contributed by atoms with Crippen molar-refractivity contribution in [2.45, 2.75) is 0 Å². The van der Waals surface area contributed by atoms with Crippen LogP contribution in [0.5, 0.6) is 0 Å². The van der Waals surface area contributed by atoms with Gasteiger partial charge >= 0.3 is 0 Å². The van der Waals surface area contributed by atoms with Crippen molar-refractivity contribution in [3.8, 4) is 67.3 Å². The maximum Gasteiger partial charge on any atom is 0.211 e. The number of aromatic amines is 2. The van der Waals surface area contributed by atoms with Crippen LogP contribution in [-0.2, 0) is 0 Å². The Balaban J connectivity index is 0.946. The Morgan fingerprint density at radius 2 is 0.466 bits per heavy atom. The van der Waals surface area contributed by atoms with Gasteiger partial charge in [-0.15, -0.1) is 0 Å². The van der Waals surface area contributed by atoms with Crippen molar-refractivity contribution in [1.82, 2.24) is 19.9 Å². The predicted molar refractivity (Wildman–Crippen MR) is 357 cm³/mol. The van der Waals surface area contributed by atoms with E-state index in [0.717, 1.165) is 134 Å². The molecule has 0 atom stereocenters. The average Bonchev–Trinajstić information content (AvgIpc) is 3.46. The maximum atomic E-state index is 5.75. The van der Waals surface area contributed by atoms with Crippen molar-refractivity contribution in [1.29, 1.82) is 0 Å². The Morgan fingerprint density at radius 1 is 0.227 bits per heavy atom. The van der Waals surface area contributed by atoms with E-state index in [0.29, 0.717) is 0 Å². The second kappa shape index (κ2) is 21.0. The molecule has 0 saturated carbocycles. The first-order chi connectivity index (χ1) is 43.5. The first kappa shape index (κ1) is 50.5. The summed E-state index contributed by atoms with van der Waals surface area (Å²) in [5.41, 5.74) is 19.1. The molecule has 8 heteroatoms. The van der Waals surface area contributed by atoms with Crippen LogP contribution in [0.3, 0.4) is 0 Å². The number of nitrogens with zero attached hydrogens (tertiary/aromatic N) is 6. The lowest BCUT2D eigenvalue weighted by Crippen LogP contribution is -2.29. The highest BCUT2D eigenvalue weighted by Gasteiger charge is 2.23. The molecule has 0 unspecified atom stereocenters. The number of hydrogen-bond donors (Lipinski definition) is 2. The predicted octanol–water partition coefficient (Wildman–Crippen LogP) is 17.0. The fourth-order valence-corrected chi connectivity index (χ4v) is 12.9. The van der Waals surface area contributed by atoms with Crippen molar-refractivity contribution in [2.75, 3.05) is 0 Å². The Kier molecular flexibility index (Phi) is 12.0. The van der Waals surface area contributed by atoms with E-state index >= 15 is 0 Å². The van der Waals surface area contributed by atoms with Gasteiger partial charge in [0.25, 0.3) is 0 Å². The normalized spacial score (nSPS) is 12.0. The Labute approximate surface area is 507 Å². The van der Waals surface area contributed by atoms with Crippen LogP contribution in [0.4, 0.5) is 0 Å². The molecule has 15 aromatic rings. The number of benzene rings is 8. The van der Waals surface area contributed by atoms with Crippen LogP contribution in [0.15, 0.2) is 292 Å². The molecule has 2 aliphatic heterocycles. The SMILES string of the molecule is C1=Cc2nc1c(-c1cccc(-[n+]3ccc4ccccc4c3)c1)c1ccc([nH]1)c(-c1cccc(-[n+]3ccc4ccccc4c3)c1)c1nc(c(-c3cccc(-[n+]4ccc5ccccc5c4)c3)c3ccc([nH]3)c2-c2cccc(-[n+]3ccc4ccccc4c3)c2)C=C1. The molecule has 88 heavy (non-hydrogen) atoms. The van der Waals surface area contributed by atoms with Gasteiger partial charge in [-0.1, -0.05) is 121 Å². The topological polar surface area (TPSA) is 72.9 Å². The molecular formula is C80H54N8+4. The van der Waals surface area contributed by atoms with Gasteiger partial charge in [0.15, 0.2) is 49.6 Å². The molecule has 0 aliphatic carbocycles. The lowest BCUT2D eigenvalue weighted by atomic mass is 10.0. The summed E-state index contributed by atoms with van der Waals surface area (Å²) in [5, 5.41) is 9.42. The molecule has 0 saturated heterocycles. The van der Waals surface area contributed by atoms with Gasteiger partial charge in [-0.2, -0.15) is 18.3 Å². The molecule has 8 nitrogen and oxygen atoms in total. The largest absolute Gasteiger partial charge is 0.354 e. The highest BCUT2D eigenvalue weighted by Crippen LogP contribution is 2.40. The molecule has 0 fully saturated rings. The number of H-pyrrole nitrogens is 2. The summed E-state index contributed by atoms with van der Waals surface area (Å²) in [6.45, 7) is 0. The Bertz CT molecular complexity index is 4930. The number of fused-ring (bicyclic) bond motifs is 12. The number of rotatable bonds is 8. The van der Waals surface area contributed by atoms with Crippen LogP contribution in [0, 0.1) is 0 Å². The quantitative estimate of drug-likeness (QED) is 0.149. The fourth-order valence-electron chi connectivity index (χ4n) is 12.9. The summed E-state index contributed by atoms with van der Waals surface area (Å²) in [6, 6.07) is 86.7. The van der Waals surface area contributed by atoms with Crippen LogP contribution in [0.1, 0.15) is 22.8 Å². The van der Waals surface area contributed by atoms with Gasteiger partial charge in [-0.3, -0.25) is 0 Å². The summed E-state index contributed by atoms with van der Waals surface area (Å²) in [6.07, 6.45) is 26.1. The summed E-state index contributed by atoms with van der Waals surface area (Å²) >= 11 is 0. The zero-order valence-corrected chi connectivity index (χ0v) is 47.7. The van der Waals surface area contributed by atoms with Gasteiger partial charge in [-0.25, -0.2) is 9.97 Å². The van der Waals surface area contributed by atoms with Crippen LogP contribution in [0.25, 0.3) is 157 Å². The van der Waals surface area contributed by atoms with Gasteiger partial charge in [0.1, 0.15) is 0 Å². The molecule has 7 aromatic heterocycles. The van der Waals surface area contributed by atoms with Gasteiger partial charge in [0.2, 0.25) is 22.7 Å². The molecule has 0 amide bonds. The van der Waals surface area contributed by atoms with E-state index in [1.54, 1.807) is 0 Å². The van der Waals surface area contributed by atoms with E-state index in [2.05, 4.69) is 345 Å². The molecule has 0 radical (unpaired) electrons. The third-order valence-electron chi connectivity index (χ3n) is 17.2. The number of aromatic nitrogens is 8. The van der Waals surface area contributed by atoms with E-state index in [1.165, 1.54) is 21.5 Å². The summed E-state index contributed by atoms with van der Waals surface area (Å²) in [4.78, 5) is 19.6. The summed E-state index contributed by atoms with van der Waals surface area (Å²) < 4.78 is 8.82. The van der Waals surface area contributed by atoms with Gasteiger partial charge < -0.3 is 9.97 Å². The average molecular weight is 1130 g/mol. The monoisotopic (exact) mass is 1130 g/mol. The van der Waals surface area contributed by atoms with E-state index < -0.39 is 0 Å². The van der Waals surface area contributed by atoms with Crippen molar-refractivity contribution in [3.05, 3.63) is 315 Å². The first-order valence-corrected chi connectivity index (χ1v) is 29.7. The molecule has 2 N–H and O–H groups in total. The van der Waals surface area contributed by atoms with Gasteiger partial charge in [0.05, 0.1) is 22.8 Å². The fraction of sp³-hybridized carbons (Fsp3) is 0. The minimum absolute atomic E-state index is 0.834. The smallest absolute Gasteiger partial charge is 0.211 e. The molecule has 410 valence electrons. The minimum atomic E-state index is 0.834. The molecular weight excluding hydrogens is 1070 g/mol. The van der Waals surface area contributed by atoms with E-state index in [9.17, 15) is 0 Å². The second-order valence-electron chi connectivity index (χ2n) is 22.6. The van der Waals surface area contributed by atoms with E-state index in [-0.39, 0.29) is 0 Å². The second-order valence-corrected chi connectivity index (χ2v) is 22.6. The highest BCUT2D eigenvalue weighted by molar-refractivity contribution is 6.00. The summed E-state index contributed by atoms with van der Waals surface area (Å²) in [7, 11) is 0. The van der Waals surface area contributed by atoms with E-state index in [4.69, 9.17) is 9.97 Å². The number of hydrogen-bond acceptors (Lipinski definition) is 2. The first-order valence-electron chi connectivity index (χ1n) is 29.7. The van der Waals surface area contributed by atoms with Crippen LogP contribution < -0.4 is 18.3 Å². The van der Waals surface area contributed by atoms with Crippen LogP contribution in [0.2, 0.25) is 0 Å². The standard InChI is InChI=1S/C80H54N8/c1-5-17-61-49-85(41-37-53(61)13-1)65-25-9-21-57(45-65)77-69-29-31-71(81-69)78(58-22-10-26-66(46-58)86-42-38-54-14-2-6-18-62(54)50-86)73-33-35-75(83-73)80(60-24-12-28-68(48-60)88-44-40-56-16-4-8-20-64(56)52-88)76-36-34-74(84-76)79(72-32-30-70(77)82-72)59-23-11-27-67(47-59)87-43-39-55-15-3-7-19-63(55)51-87/h1-52,81,84H/q+4. The zero-order chi connectivity index (χ0) is 58.1. The Hall–Kier alpha value is -12.0. The molecule has 0 spiro atoms. The van der Waals surface area contributed by atoms with Crippen LogP contribution in [-0.4, -0.2) is 19.9 Å². The van der Waals surface area contributed by atoms with E-state index in [1.807, 2.05) is 0 Å². The molecule has 2 aliphatic rings. The molecule has 8 aromatic carbocycles. The number of nitrogens with one attached hydrogen (secondary N) is 2. The maximum absolute atomic E-state index is 5.75. The van der Waals surface area contributed by atoms with Crippen molar-refractivity contribution >= 4 is 89.5 Å². The molecule has 8 bridgehead atoms. The lowest BCUT2D eigenvalue weighted by Gasteiger charge is -2.08. The number of pyridine rings is 4. The summed E-state index contributed by atoms with van der Waals surface area (Å²) in [5.74, 6) is 0. The van der Waals surface area contributed by atoms with Crippen molar-refractivity contribution in [2.24, 2.45) is 0 Å². The van der Waals surface area contributed by atoms with Gasteiger partial charge in [0, 0.05) is 139 Å². The van der Waals surface area contributed by atoms with Crippen LogP contribution >= 0.6 is 0 Å². The molecule has 9 heterocycles. The van der Waals surface area contributed by atoms with Gasteiger partial charge in [-0.05, 0) is 117 Å². The highest BCUT2D eigenvalue weighted by atomic mass is 15.0. The third kappa shape index (κ3) is 9.11. The van der Waals surface area contributed by atoms with Crippen molar-refractivity contribution < 1.29 is 18.3 Å². The Morgan fingerprint density at radius 3 is 0.716 bits per heavy atom. The lowest BCUT2D eigenvalue weighted by molar-refractivity contribution is -0.594. The minimum Gasteiger partial charge on any atom is -0.354 e. The third-order valence-corrected chi connectivity index (χ3v) is 17.2. The molecule has 17 rings (SSSR count).